The molecule has 0 radical (unpaired) electrons. The first kappa shape index (κ1) is 18.0. The second-order valence-electron chi connectivity index (χ2n) is 5.84. The molecule has 2 aromatic rings. The Labute approximate surface area is 147 Å². The van der Waals surface area contributed by atoms with Gasteiger partial charge in [0.2, 0.25) is 5.88 Å². The maximum atomic E-state index is 12.6. The van der Waals surface area contributed by atoms with E-state index in [4.69, 9.17) is 4.74 Å². The molecule has 2 heterocycles. The summed E-state index contributed by atoms with van der Waals surface area (Å²) in [5.41, 5.74) is 0.613. The molecule has 26 heavy (non-hydrogen) atoms. The summed E-state index contributed by atoms with van der Waals surface area (Å²) in [6, 6.07) is 8.73. The smallest absolute Gasteiger partial charge is 0.471 e. The fourth-order valence-corrected chi connectivity index (χ4v) is 2.66. The van der Waals surface area contributed by atoms with Gasteiger partial charge in [-0.2, -0.15) is 5.10 Å². The minimum atomic E-state index is -4.86. The van der Waals surface area contributed by atoms with Gasteiger partial charge in [0.05, 0.1) is 17.8 Å². The van der Waals surface area contributed by atoms with Gasteiger partial charge in [0, 0.05) is 19.0 Å². The number of para-hydroxylation sites is 1. The topological polar surface area (TPSA) is 64.5 Å². The van der Waals surface area contributed by atoms with Gasteiger partial charge >= 0.3 is 6.36 Å². The number of hydrogen-bond donors (Lipinski definition) is 0. The number of hydrogen-bond acceptors (Lipinski definition) is 5. The highest BCUT2D eigenvalue weighted by molar-refractivity contribution is 5.97. The molecule has 1 aromatic carbocycles. The van der Waals surface area contributed by atoms with Crippen LogP contribution in [-0.2, 0) is 0 Å². The van der Waals surface area contributed by atoms with Crippen molar-refractivity contribution < 1.29 is 27.4 Å². The summed E-state index contributed by atoms with van der Waals surface area (Å²) in [4.78, 5) is 14.0. The van der Waals surface area contributed by atoms with E-state index in [2.05, 4.69) is 14.9 Å². The molecule has 0 bridgehead atoms. The normalized spacial score (nSPS) is 17.2. The predicted molar refractivity (Wildman–Crippen MR) is 84.8 cm³/mol. The number of ether oxygens (including phenoxy) is 2. The molecule has 6 nitrogen and oxygen atoms in total. The van der Waals surface area contributed by atoms with Gasteiger partial charge < -0.3 is 14.4 Å². The van der Waals surface area contributed by atoms with E-state index in [1.54, 1.807) is 19.1 Å². The van der Waals surface area contributed by atoms with Gasteiger partial charge in [-0.1, -0.05) is 12.1 Å². The molecule has 1 fully saturated rings. The number of rotatable bonds is 4. The first-order valence-corrected chi connectivity index (χ1v) is 7.93. The molecular weight excluding hydrogens is 351 g/mol. The summed E-state index contributed by atoms with van der Waals surface area (Å²) in [5, 5.41) is 7.79. The second kappa shape index (κ2) is 7.19. The highest BCUT2D eigenvalue weighted by Gasteiger charge is 2.35. The van der Waals surface area contributed by atoms with Crippen molar-refractivity contribution in [3.8, 4) is 11.6 Å². The SMILES string of the molecule is Cc1ccc(OC2CCN(C(=O)c3ccccc3OC(F)(F)F)C2)nn1. The summed E-state index contributed by atoms with van der Waals surface area (Å²) in [7, 11) is 0. The standard InChI is InChI=1S/C17H16F3N3O3/c1-11-6-7-15(22-21-11)25-12-8-9-23(10-12)16(24)13-4-2-3-5-14(13)26-17(18,19)20/h2-7,12H,8-10H2,1H3. The zero-order valence-electron chi connectivity index (χ0n) is 13.9. The van der Waals surface area contributed by atoms with Crippen molar-refractivity contribution in [2.45, 2.75) is 25.8 Å². The van der Waals surface area contributed by atoms with E-state index in [0.717, 1.165) is 11.8 Å². The number of carbonyl (C=O) groups excluding carboxylic acids is 1. The van der Waals surface area contributed by atoms with Crippen molar-refractivity contribution in [2.24, 2.45) is 0 Å². The Hall–Kier alpha value is -2.84. The number of benzene rings is 1. The first-order chi connectivity index (χ1) is 12.3. The summed E-state index contributed by atoms with van der Waals surface area (Å²) >= 11 is 0. The Bertz CT molecular complexity index is 781. The minimum absolute atomic E-state index is 0.138. The highest BCUT2D eigenvalue weighted by atomic mass is 19.4. The van der Waals surface area contributed by atoms with Crippen LogP contribution in [-0.4, -0.2) is 46.6 Å². The van der Waals surface area contributed by atoms with E-state index in [0.29, 0.717) is 18.8 Å². The quantitative estimate of drug-likeness (QED) is 0.831. The molecule has 1 amide bonds. The van der Waals surface area contributed by atoms with Gasteiger partial charge in [0.1, 0.15) is 11.9 Å². The molecule has 1 saturated heterocycles. The zero-order chi connectivity index (χ0) is 18.7. The van der Waals surface area contributed by atoms with E-state index in [1.807, 2.05) is 0 Å². The third kappa shape index (κ3) is 4.41. The van der Waals surface area contributed by atoms with E-state index in [-0.39, 0.29) is 18.2 Å². The zero-order valence-corrected chi connectivity index (χ0v) is 13.9. The third-order valence-electron chi connectivity index (χ3n) is 3.84. The Balaban J connectivity index is 1.67. The maximum Gasteiger partial charge on any atom is 0.573 e. The van der Waals surface area contributed by atoms with Crippen molar-refractivity contribution in [1.82, 2.24) is 15.1 Å². The second-order valence-corrected chi connectivity index (χ2v) is 5.84. The number of aromatic nitrogens is 2. The Morgan fingerprint density at radius 3 is 2.65 bits per heavy atom. The molecule has 1 aliphatic heterocycles. The van der Waals surface area contributed by atoms with Crippen LogP contribution in [0.5, 0.6) is 11.6 Å². The van der Waals surface area contributed by atoms with E-state index in [1.165, 1.54) is 23.1 Å². The molecule has 1 unspecified atom stereocenters. The third-order valence-corrected chi connectivity index (χ3v) is 3.84. The fourth-order valence-electron chi connectivity index (χ4n) is 2.66. The molecule has 0 saturated carbocycles. The molecule has 3 rings (SSSR count). The number of alkyl halides is 3. The summed E-state index contributed by atoms with van der Waals surface area (Å²) in [6.45, 7) is 2.41. The van der Waals surface area contributed by atoms with E-state index < -0.39 is 18.0 Å². The molecule has 0 spiro atoms. The molecular formula is C17H16F3N3O3. The summed E-state index contributed by atoms with van der Waals surface area (Å²) in [6.07, 6.45) is -4.62. The van der Waals surface area contributed by atoms with E-state index >= 15 is 0 Å². The molecule has 0 N–H and O–H groups in total. The predicted octanol–water partition coefficient (Wildman–Crippen LogP) is 2.98. The van der Waals surface area contributed by atoms with Crippen molar-refractivity contribution >= 4 is 5.91 Å². The van der Waals surface area contributed by atoms with Gasteiger partial charge in [-0.15, -0.1) is 18.3 Å². The van der Waals surface area contributed by atoms with Crippen molar-refractivity contribution in [1.29, 1.82) is 0 Å². The van der Waals surface area contributed by atoms with Gasteiger partial charge in [-0.05, 0) is 25.1 Å². The highest BCUT2D eigenvalue weighted by Crippen LogP contribution is 2.28. The van der Waals surface area contributed by atoms with Crippen LogP contribution in [0.25, 0.3) is 0 Å². The fraction of sp³-hybridized carbons (Fsp3) is 0.353. The van der Waals surface area contributed by atoms with Gasteiger partial charge in [0.25, 0.3) is 5.91 Å². The van der Waals surface area contributed by atoms with Crippen molar-refractivity contribution in [2.75, 3.05) is 13.1 Å². The summed E-state index contributed by atoms with van der Waals surface area (Å²) in [5.74, 6) is -0.708. The molecule has 9 heteroatoms. The van der Waals surface area contributed by atoms with E-state index in [9.17, 15) is 18.0 Å². The van der Waals surface area contributed by atoms with Crippen LogP contribution in [0.2, 0.25) is 0 Å². The lowest BCUT2D eigenvalue weighted by atomic mass is 10.2. The van der Waals surface area contributed by atoms with Crippen LogP contribution in [0.3, 0.4) is 0 Å². The summed E-state index contributed by atoms with van der Waals surface area (Å²) < 4.78 is 47.2. The monoisotopic (exact) mass is 367 g/mol. The average molecular weight is 367 g/mol. The Kier molecular flexibility index (Phi) is 4.97. The van der Waals surface area contributed by atoms with Gasteiger partial charge in [-0.25, -0.2) is 0 Å². The molecule has 1 aliphatic rings. The average Bonchev–Trinajstić information content (AvgIpc) is 3.04. The Morgan fingerprint density at radius 2 is 1.96 bits per heavy atom. The lowest BCUT2D eigenvalue weighted by Gasteiger charge is -2.19. The largest absolute Gasteiger partial charge is 0.573 e. The number of amides is 1. The lowest BCUT2D eigenvalue weighted by Crippen LogP contribution is -2.32. The number of nitrogens with zero attached hydrogens (tertiary/aromatic N) is 3. The number of carbonyl (C=O) groups is 1. The molecule has 1 atom stereocenters. The minimum Gasteiger partial charge on any atom is -0.471 e. The van der Waals surface area contributed by atoms with Crippen LogP contribution in [0.15, 0.2) is 36.4 Å². The van der Waals surface area contributed by atoms with Crippen LogP contribution < -0.4 is 9.47 Å². The first-order valence-electron chi connectivity index (χ1n) is 7.93. The molecule has 1 aromatic heterocycles. The van der Waals surface area contributed by atoms with Gasteiger partial charge in [-0.3, -0.25) is 4.79 Å². The number of likely N-dealkylation sites (tertiary alicyclic amines) is 1. The lowest BCUT2D eigenvalue weighted by molar-refractivity contribution is -0.274. The maximum absolute atomic E-state index is 12.6. The van der Waals surface area contributed by atoms with Crippen LogP contribution in [0.1, 0.15) is 22.5 Å². The Morgan fingerprint density at radius 1 is 1.19 bits per heavy atom. The number of halogens is 3. The van der Waals surface area contributed by atoms with Crippen molar-refractivity contribution in [3.05, 3.63) is 47.7 Å². The van der Waals surface area contributed by atoms with Gasteiger partial charge in [0.15, 0.2) is 0 Å². The van der Waals surface area contributed by atoms with Crippen LogP contribution in [0, 0.1) is 6.92 Å². The van der Waals surface area contributed by atoms with Crippen LogP contribution in [0.4, 0.5) is 13.2 Å². The molecule has 138 valence electrons. The van der Waals surface area contributed by atoms with Crippen LogP contribution >= 0.6 is 0 Å². The van der Waals surface area contributed by atoms with Crippen molar-refractivity contribution in [3.63, 3.8) is 0 Å². The number of aryl methyl sites for hydroxylation is 1. The molecule has 0 aliphatic carbocycles.